The van der Waals surface area contributed by atoms with Crippen LogP contribution in [-0.4, -0.2) is 48.3 Å². The molecule has 0 aliphatic heterocycles. The van der Waals surface area contributed by atoms with Crippen molar-refractivity contribution in [2.75, 3.05) is 14.1 Å². The Balaban J connectivity index is 1.73. The van der Waals surface area contributed by atoms with Gasteiger partial charge < -0.3 is 25.1 Å². The molecule has 1 aromatic heterocycles. The Labute approximate surface area is 138 Å². The Kier molecular flexibility index (Phi) is 6.47. The van der Waals surface area contributed by atoms with Crippen LogP contribution in [0, 0.1) is 0 Å². The summed E-state index contributed by atoms with van der Waals surface area (Å²) in [6.07, 6.45) is 5.61. The fourth-order valence-electron chi connectivity index (χ4n) is 3.21. The molecule has 0 radical (unpaired) electrons. The number of aliphatic hydroxyl groups is 1. The highest BCUT2D eigenvalue weighted by molar-refractivity contribution is 5.74. The molecule has 2 rings (SSSR count). The van der Waals surface area contributed by atoms with Gasteiger partial charge in [-0.05, 0) is 58.8 Å². The lowest BCUT2D eigenvalue weighted by atomic mass is 9.90. The molecule has 1 saturated carbocycles. The summed E-state index contributed by atoms with van der Waals surface area (Å²) in [7, 11) is 4.18. The highest BCUT2D eigenvalue weighted by Gasteiger charge is 2.25. The molecule has 0 bridgehead atoms. The fourth-order valence-corrected chi connectivity index (χ4v) is 3.21. The van der Waals surface area contributed by atoms with E-state index in [2.05, 4.69) is 29.6 Å². The van der Waals surface area contributed by atoms with Crippen molar-refractivity contribution in [3.63, 3.8) is 0 Å². The fraction of sp³-hybridized carbons (Fsp3) is 0.706. The zero-order valence-electron chi connectivity index (χ0n) is 14.3. The van der Waals surface area contributed by atoms with Gasteiger partial charge in [-0.15, -0.1) is 0 Å². The van der Waals surface area contributed by atoms with Crippen molar-refractivity contribution in [1.29, 1.82) is 0 Å². The molecule has 130 valence electrons. The minimum atomic E-state index is -0.701. The summed E-state index contributed by atoms with van der Waals surface area (Å²) in [5.41, 5.74) is 0. The van der Waals surface area contributed by atoms with E-state index in [0.717, 1.165) is 19.3 Å². The Morgan fingerprint density at radius 3 is 2.91 bits per heavy atom. The molecule has 1 heterocycles. The number of carbonyl (C=O) groups is 1. The molecule has 1 aliphatic rings. The first-order chi connectivity index (χ1) is 11.0. The van der Waals surface area contributed by atoms with Gasteiger partial charge >= 0.3 is 6.03 Å². The second kappa shape index (κ2) is 8.36. The molecule has 0 aromatic carbocycles. The second-order valence-electron chi connectivity index (χ2n) is 6.77. The van der Waals surface area contributed by atoms with Crippen molar-refractivity contribution in [3.8, 4) is 0 Å². The molecular weight excluding hydrogens is 294 g/mol. The summed E-state index contributed by atoms with van der Waals surface area (Å²) in [5, 5.41) is 16.0. The molecule has 1 fully saturated rings. The summed E-state index contributed by atoms with van der Waals surface area (Å²) >= 11 is 0. The van der Waals surface area contributed by atoms with Gasteiger partial charge in [-0.3, -0.25) is 0 Å². The highest BCUT2D eigenvalue weighted by Crippen LogP contribution is 2.22. The predicted octanol–water partition coefficient (Wildman–Crippen LogP) is 2.26. The number of furan rings is 1. The average molecular weight is 323 g/mol. The van der Waals surface area contributed by atoms with Crippen LogP contribution in [0.5, 0.6) is 0 Å². The van der Waals surface area contributed by atoms with Gasteiger partial charge in [0.05, 0.1) is 6.26 Å². The SMILES string of the molecule is CC(CC(O)c1ccco1)NC(=O)NC1CCCC(N(C)C)C1. The largest absolute Gasteiger partial charge is 0.467 e. The minimum absolute atomic E-state index is 0.136. The first kappa shape index (κ1) is 17.8. The van der Waals surface area contributed by atoms with Gasteiger partial charge in [0, 0.05) is 24.5 Å². The molecule has 3 N–H and O–H groups in total. The molecule has 6 heteroatoms. The Morgan fingerprint density at radius 1 is 1.48 bits per heavy atom. The number of urea groups is 1. The van der Waals surface area contributed by atoms with E-state index in [9.17, 15) is 9.90 Å². The predicted molar refractivity (Wildman–Crippen MR) is 89.1 cm³/mol. The second-order valence-corrected chi connectivity index (χ2v) is 6.77. The third-order valence-corrected chi connectivity index (χ3v) is 4.54. The van der Waals surface area contributed by atoms with Crippen molar-refractivity contribution >= 4 is 6.03 Å². The molecule has 4 atom stereocenters. The van der Waals surface area contributed by atoms with E-state index in [1.165, 1.54) is 12.7 Å². The standard InChI is InChI=1S/C17H29N3O3/c1-12(10-15(21)16-8-5-9-23-16)18-17(22)19-13-6-4-7-14(11-13)20(2)3/h5,8-9,12-15,21H,4,6-7,10-11H2,1-3H3,(H2,18,19,22). The Hall–Kier alpha value is -1.53. The zero-order chi connectivity index (χ0) is 16.8. The van der Waals surface area contributed by atoms with E-state index in [0.29, 0.717) is 18.2 Å². The van der Waals surface area contributed by atoms with Crippen LogP contribution in [0.3, 0.4) is 0 Å². The summed E-state index contributed by atoms with van der Waals surface area (Å²) in [6.45, 7) is 1.88. The molecule has 0 spiro atoms. The molecule has 6 nitrogen and oxygen atoms in total. The van der Waals surface area contributed by atoms with E-state index < -0.39 is 6.10 Å². The lowest BCUT2D eigenvalue weighted by Crippen LogP contribution is -2.49. The number of hydrogen-bond acceptors (Lipinski definition) is 4. The third-order valence-electron chi connectivity index (χ3n) is 4.54. The van der Waals surface area contributed by atoms with Gasteiger partial charge in [-0.25, -0.2) is 4.79 Å². The van der Waals surface area contributed by atoms with Gasteiger partial charge in [-0.2, -0.15) is 0 Å². The Bertz CT molecular complexity index is 475. The van der Waals surface area contributed by atoms with Crippen LogP contribution < -0.4 is 10.6 Å². The van der Waals surface area contributed by atoms with Gasteiger partial charge in [-0.1, -0.05) is 0 Å². The van der Waals surface area contributed by atoms with E-state index in [1.807, 2.05) is 6.92 Å². The minimum Gasteiger partial charge on any atom is -0.467 e. The monoisotopic (exact) mass is 323 g/mol. The van der Waals surface area contributed by atoms with Crippen LogP contribution in [0.15, 0.2) is 22.8 Å². The van der Waals surface area contributed by atoms with Crippen molar-refractivity contribution in [3.05, 3.63) is 24.2 Å². The lowest BCUT2D eigenvalue weighted by molar-refractivity contribution is 0.129. The van der Waals surface area contributed by atoms with E-state index in [-0.39, 0.29) is 18.1 Å². The highest BCUT2D eigenvalue weighted by atomic mass is 16.4. The number of carbonyl (C=O) groups excluding carboxylic acids is 1. The first-order valence-corrected chi connectivity index (χ1v) is 8.40. The van der Waals surface area contributed by atoms with Gasteiger partial charge in [0.25, 0.3) is 0 Å². The number of nitrogens with zero attached hydrogens (tertiary/aromatic N) is 1. The smallest absolute Gasteiger partial charge is 0.315 e. The van der Waals surface area contributed by atoms with Crippen LogP contribution >= 0.6 is 0 Å². The van der Waals surface area contributed by atoms with Gasteiger partial charge in [0.1, 0.15) is 11.9 Å². The maximum absolute atomic E-state index is 12.1. The molecule has 1 aliphatic carbocycles. The normalized spacial score (nSPS) is 24.2. The Morgan fingerprint density at radius 2 is 2.26 bits per heavy atom. The van der Waals surface area contributed by atoms with E-state index >= 15 is 0 Å². The van der Waals surface area contributed by atoms with Crippen molar-refractivity contribution in [2.45, 2.75) is 63.3 Å². The van der Waals surface area contributed by atoms with Crippen LogP contribution in [0.1, 0.15) is 50.9 Å². The topological polar surface area (TPSA) is 77.7 Å². The quantitative estimate of drug-likeness (QED) is 0.750. The van der Waals surface area contributed by atoms with Crippen LogP contribution in [0.4, 0.5) is 4.79 Å². The molecule has 2 amide bonds. The van der Waals surface area contributed by atoms with E-state index in [4.69, 9.17) is 4.42 Å². The van der Waals surface area contributed by atoms with Crippen molar-refractivity contribution in [2.24, 2.45) is 0 Å². The summed E-state index contributed by atoms with van der Waals surface area (Å²) < 4.78 is 5.17. The summed E-state index contributed by atoms with van der Waals surface area (Å²) in [4.78, 5) is 14.4. The number of aliphatic hydroxyl groups excluding tert-OH is 1. The maximum Gasteiger partial charge on any atom is 0.315 e. The van der Waals surface area contributed by atoms with Crippen LogP contribution in [0.2, 0.25) is 0 Å². The third kappa shape index (κ3) is 5.55. The average Bonchev–Trinajstić information content (AvgIpc) is 3.01. The zero-order valence-corrected chi connectivity index (χ0v) is 14.3. The van der Waals surface area contributed by atoms with Crippen LogP contribution in [0.25, 0.3) is 0 Å². The molecule has 23 heavy (non-hydrogen) atoms. The number of amides is 2. The lowest BCUT2D eigenvalue weighted by Gasteiger charge is -2.34. The van der Waals surface area contributed by atoms with Crippen molar-refractivity contribution in [1.82, 2.24) is 15.5 Å². The van der Waals surface area contributed by atoms with Crippen LogP contribution in [-0.2, 0) is 0 Å². The number of hydrogen-bond donors (Lipinski definition) is 3. The molecular formula is C17H29N3O3. The molecule has 1 aromatic rings. The molecule has 4 unspecified atom stereocenters. The maximum atomic E-state index is 12.1. The molecule has 0 saturated heterocycles. The van der Waals surface area contributed by atoms with Gasteiger partial charge in [0.2, 0.25) is 0 Å². The number of nitrogens with one attached hydrogen (secondary N) is 2. The number of rotatable bonds is 6. The van der Waals surface area contributed by atoms with E-state index in [1.54, 1.807) is 12.1 Å². The first-order valence-electron chi connectivity index (χ1n) is 8.40. The van der Waals surface area contributed by atoms with Crippen molar-refractivity contribution < 1.29 is 14.3 Å². The van der Waals surface area contributed by atoms with Gasteiger partial charge in [0.15, 0.2) is 0 Å². The summed E-state index contributed by atoms with van der Waals surface area (Å²) in [5.74, 6) is 0.528. The summed E-state index contributed by atoms with van der Waals surface area (Å²) in [6, 6.07) is 3.94.